The first-order valence-electron chi connectivity index (χ1n) is 9.40. The van der Waals surface area contributed by atoms with E-state index in [-0.39, 0.29) is 12.6 Å². The summed E-state index contributed by atoms with van der Waals surface area (Å²) < 4.78 is 0. The summed E-state index contributed by atoms with van der Waals surface area (Å²) in [6, 6.07) is 7.48. The van der Waals surface area contributed by atoms with E-state index in [1.807, 2.05) is 31.2 Å². The Morgan fingerprint density at radius 1 is 0.964 bits per heavy atom. The number of hydrogen-bond donors (Lipinski definition) is 5. The number of amides is 2. The summed E-state index contributed by atoms with van der Waals surface area (Å²) in [4.78, 5) is 35.6. The molecular weight excluding hydrogens is 362 g/mol. The topological polar surface area (TPSA) is 128 Å². The minimum Gasteiger partial charge on any atom is -0.494 e. The van der Waals surface area contributed by atoms with Crippen molar-refractivity contribution in [3.05, 3.63) is 46.8 Å². The summed E-state index contributed by atoms with van der Waals surface area (Å²) in [6.45, 7) is 1.47. The Morgan fingerprint density at radius 2 is 1.57 bits per heavy atom. The standard InChI is InChI=1S/C20H27N3O5/c1-13-7-9-14(10-8-13)11-21-18(26)17(19(27)22-12-16(24)25)20(28)23-15-5-3-2-4-6-15/h7-10,15,23,28H,2-6,11-12H2,1H3,(H,21,26)(H,22,27)(H,24,25)/b20-17-. The fourth-order valence-corrected chi connectivity index (χ4v) is 3.05. The van der Waals surface area contributed by atoms with E-state index in [4.69, 9.17) is 5.11 Å². The molecule has 2 rings (SSSR count). The van der Waals surface area contributed by atoms with E-state index in [0.29, 0.717) is 0 Å². The zero-order valence-corrected chi connectivity index (χ0v) is 16.0. The van der Waals surface area contributed by atoms with Crippen molar-refractivity contribution in [1.29, 1.82) is 0 Å². The van der Waals surface area contributed by atoms with Gasteiger partial charge in [0.25, 0.3) is 11.8 Å². The summed E-state index contributed by atoms with van der Waals surface area (Å²) >= 11 is 0. The predicted molar refractivity (Wildman–Crippen MR) is 103 cm³/mol. The van der Waals surface area contributed by atoms with E-state index < -0.39 is 35.8 Å². The summed E-state index contributed by atoms with van der Waals surface area (Å²) in [5, 5.41) is 26.7. The predicted octanol–water partition coefficient (Wildman–Crippen LogP) is 1.50. The first kappa shape index (κ1) is 21.3. The van der Waals surface area contributed by atoms with E-state index >= 15 is 0 Å². The molecule has 1 fully saturated rings. The normalized spacial score (nSPS) is 15.3. The molecule has 1 aromatic carbocycles. The number of nitrogens with one attached hydrogen (secondary N) is 3. The van der Waals surface area contributed by atoms with E-state index in [1.165, 1.54) is 0 Å². The quantitative estimate of drug-likeness (QED) is 0.198. The highest BCUT2D eigenvalue weighted by Crippen LogP contribution is 2.18. The highest BCUT2D eigenvalue weighted by atomic mass is 16.4. The van der Waals surface area contributed by atoms with Crippen molar-refractivity contribution in [3.63, 3.8) is 0 Å². The maximum absolute atomic E-state index is 12.6. The zero-order valence-electron chi connectivity index (χ0n) is 16.0. The first-order chi connectivity index (χ1) is 13.4. The molecule has 0 aliphatic heterocycles. The molecule has 2 amide bonds. The molecule has 8 nitrogen and oxygen atoms in total. The summed E-state index contributed by atoms with van der Waals surface area (Å²) in [5.74, 6) is -3.49. The number of carbonyl (C=O) groups excluding carboxylic acids is 2. The van der Waals surface area contributed by atoms with Crippen LogP contribution in [0.25, 0.3) is 0 Å². The van der Waals surface area contributed by atoms with Gasteiger partial charge in [0.15, 0.2) is 5.57 Å². The van der Waals surface area contributed by atoms with Gasteiger partial charge in [-0.1, -0.05) is 49.1 Å². The van der Waals surface area contributed by atoms with Crippen molar-refractivity contribution < 1.29 is 24.6 Å². The molecule has 1 aromatic rings. The Balaban J connectivity index is 2.11. The maximum atomic E-state index is 12.6. The molecule has 0 atom stereocenters. The molecule has 0 aromatic heterocycles. The minimum atomic E-state index is -1.24. The van der Waals surface area contributed by atoms with Crippen LogP contribution in [0.3, 0.4) is 0 Å². The Hall–Kier alpha value is -3.03. The third-order valence-electron chi connectivity index (χ3n) is 4.61. The molecule has 1 aliphatic rings. The lowest BCUT2D eigenvalue weighted by molar-refractivity contribution is -0.138. The molecule has 0 spiro atoms. The second kappa shape index (κ2) is 10.3. The number of aliphatic hydroxyl groups is 1. The summed E-state index contributed by atoms with van der Waals surface area (Å²) in [7, 11) is 0. The SMILES string of the molecule is Cc1ccc(CNC(=O)/C(C(=O)NCC(=O)O)=C(/O)NC2CCCCC2)cc1. The lowest BCUT2D eigenvalue weighted by Crippen LogP contribution is -2.41. The molecule has 0 radical (unpaired) electrons. The number of hydrogen-bond acceptors (Lipinski definition) is 5. The number of aliphatic hydroxyl groups excluding tert-OH is 1. The van der Waals surface area contributed by atoms with E-state index in [2.05, 4.69) is 16.0 Å². The largest absolute Gasteiger partial charge is 0.494 e. The minimum absolute atomic E-state index is 0.0269. The van der Waals surface area contributed by atoms with Crippen LogP contribution in [0.15, 0.2) is 35.7 Å². The molecule has 0 saturated heterocycles. The summed E-state index contributed by atoms with van der Waals surface area (Å²) in [5.41, 5.74) is 1.40. The van der Waals surface area contributed by atoms with Crippen LogP contribution in [0.5, 0.6) is 0 Å². The first-order valence-corrected chi connectivity index (χ1v) is 9.40. The number of rotatable bonds is 8. The number of benzene rings is 1. The zero-order chi connectivity index (χ0) is 20.5. The van der Waals surface area contributed by atoms with Crippen LogP contribution >= 0.6 is 0 Å². The van der Waals surface area contributed by atoms with E-state index in [1.54, 1.807) is 0 Å². The molecule has 0 bridgehead atoms. The average Bonchev–Trinajstić information content (AvgIpc) is 2.67. The molecule has 152 valence electrons. The van der Waals surface area contributed by atoms with Crippen molar-refractivity contribution >= 4 is 17.8 Å². The highest BCUT2D eigenvalue weighted by molar-refractivity contribution is 6.19. The third kappa shape index (κ3) is 6.61. The monoisotopic (exact) mass is 389 g/mol. The van der Waals surface area contributed by atoms with Crippen LogP contribution < -0.4 is 16.0 Å². The highest BCUT2D eigenvalue weighted by Gasteiger charge is 2.26. The molecular formula is C20H27N3O5. The molecule has 1 saturated carbocycles. The molecule has 0 heterocycles. The van der Waals surface area contributed by atoms with Crippen LogP contribution in [0.1, 0.15) is 43.2 Å². The molecule has 1 aliphatic carbocycles. The van der Waals surface area contributed by atoms with Gasteiger partial charge >= 0.3 is 5.97 Å². The van der Waals surface area contributed by atoms with Gasteiger partial charge in [0.2, 0.25) is 5.88 Å². The number of aliphatic carboxylic acids is 1. The van der Waals surface area contributed by atoms with Crippen LogP contribution in [0.2, 0.25) is 0 Å². The Labute approximate surface area is 164 Å². The van der Waals surface area contributed by atoms with Crippen molar-refractivity contribution in [2.24, 2.45) is 0 Å². The third-order valence-corrected chi connectivity index (χ3v) is 4.61. The van der Waals surface area contributed by atoms with Crippen molar-refractivity contribution in [2.75, 3.05) is 6.54 Å². The average molecular weight is 389 g/mol. The van der Waals surface area contributed by atoms with Crippen LogP contribution in [-0.2, 0) is 20.9 Å². The number of carboxylic acids is 1. The van der Waals surface area contributed by atoms with Crippen molar-refractivity contribution in [1.82, 2.24) is 16.0 Å². The van der Waals surface area contributed by atoms with Gasteiger partial charge in [-0.25, -0.2) is 0 Å². The van der Waals surface area contributed by atoms with Gasteiger partial charge in [-0.3, -0.25) is 14.4 Å². The Morgan fingerprint density at radius 3 is 2.18 bits per heavy atom. The number of carboxylic acid groups (broad SMARTS) is 1. The Kier molecular flexibility index (Phi) is 7.86. The fourth-order valence-electron chi connectivity index (χ4n) is 3.05. The van der Waals surface area contributed by atoms with Gasteiger partial charge in [0.05, 0.1) is 0 Å². The fraction of sp³-hybridized carbons (Fsp3) is 0.450. The summed E-state index contributed by atoms with van der Waals surface area (Å²) in [6.07, 6.45) is 4.79. The van der Waals surface area contributed by atoms with Gasteiger partial charge in [-0.2, -0.15) is 0 Å². The molecule has 8 heteroatoms. The van der Waals surface area contributed by atoms with Crippen LogP contribution in [-0.4, -0.2) is 40.6 Å². The van der Waals surface area contributed by atoms with Crippen molar-refractivity contribution in [3.8, 4) is 0 Å². The molecule has 0 unspecified atom stereocenters. The number of carbonyl (C=O) groups is 3. The van der Waals surface area contributed by atoms with Gasteiger partial charge in [-0.05, 0) is 25.3 Å². The lowest BCUT2D eigenvalue weighted by Gasteiger charge is -2.24. The Bertz CT molecular complexity index is 737. The number of aryl methyl sites for hydroxylation is 1. The van der Waals surface area contributed by atoms with Gasteiger partial charge in [0.1, 0.15) is 6.54 Å². The second-order valence-electron chi connectivity index (χ2n) is 6.95. The molecule has 28 heavy (non-hydrogen) atoms. The van der Waals surface area contributed by atoms with E-state index in [0.717, 1.165) is 43.2 Å². The van der Waals surface area contributed by atoms with Gasteiger partial charge < -0.3 is 26.2 Å². The van der Waals surface area contributed by atoms with E-state index in [9.17, 15) is 19.5 Å². The maximum Gasteiger partial charge on any atom is 0.322 e. The second-order valence-corrected chi connectivity index (χ2v) is 6.95. The van der Waals surface area contributed by atoms with Gasteiger partial charge in [-0.15, -0.1) is 0 Å². The lowest BCUT2D eigenvalue weighted by atomic mass is 9.95. The molecule has 5 N–H and O–H groups in total. The van der Waals surface area contributed by atoms with Crippen LogP contribution in [0.4, 0.5) is 0 Å². The van der Waals surface area contributed by atoms with Crippen LogP contribution in [0, 0.1) is 6.92 Å². The smallest absolute Gasteiger partial charge is 0.322 e. The van der Waals surface area contributed by atoms with Gasteiger partial charge in [0, 0.05) is 12.6 Å². The van der Waals surface area contributed by atoms with Crippen molar-refractivity contribution in [2.45, 2.75) is 51.6 Å².